The van der Waals surface area contributed by atoms with Crippen LogP contribution < -0.4 is 0 Å². The maximum Gasteiger partial charge on any atom is 0.0950 e. The Morgan fingerprint density at radius 2 is 1.80 bits per heavy atom. The lowest BCUT2D eigenvalue weighted by Crippen LogP contribution is -2.50. The molecule has 2 fully saturated rings. The van der Waals surface area contributed by atoms with Crippen molar-refractivity contribution >= 4 is 0 Å². The van der Waals surface area contributed by atoms with E-state index in [1.165, 1.54) is 5.56 Å². The molecule has 4 nitrogen and oxygen atoms in total. The van der Waals surface area contributed by atoms with Crippen molar-refractivity contribution in [2.75, 3.05) is 26.3 Å². The first-order valence-electron chi connectivity index (χ1n) is 7.38. The molecule has 0 bridgehead atoms. The van der Waals surface area contributed by atoms with Gasteiger partial charge in [0.2, 0.25) is 0 Å². The van der Waals surface area contributed by atoms with Crippen LogP contribution in [0.25, 0.3) is 0 Å². The fraction of sp³-hybridized carbons (Fsp3) is 0.625. The first-order valence-corrected chi connectivity index (χ1v) is 7.38. The molecule has 3 rings (SSSR count). The maximum absolute atomic E-state index is 10.8. The molecule has 2 aliphatic rings. The van der Waals surface area contributed by atoms with E-state index in [-0.39, 0.29) is 12.1 Å². The van der Waals surface area contributed by atoms with E-state index in [1.54, 1.807) is 0 Å². The molecule has 0 aliphatic carbocycles. The number of piperidine rings is 1. The molecule has 20 heavy (non-hydrogen) atoms. The lowest BCUT2D eigenvalue weighted by molar-refractivity contribution is -0.0457. The van der Waals surface area contributed by atoms with E-state index in [1.807, 2.05) is 24.3 Å². The summed E-state index contributed by atoms with van der Waals surface area (Å²) in [6.07, 6.45) is 1.03. The van der Waals surface area contributed by atoms with Crippen LogP contribution in [0.15, 0.2) is 24.3 Å². The normalized spacial score (nSPS) is 30.6. The third kappa shape index (κ3) is 2.61. The highest BCUT2D eigenvalue weighted by Crippen LogP contribution is 2.34. The number of aliphatic hydroxyl groups is 2. The summed E-state index contributed by atoms with van der Waals surface area (Å²) in [7, 11) is 0. The molecule has 2 atom stereocenters. The highest BCUT2D eigenvalue weighted by Gasteiger charge is 2.39. The highest BCUT2D eigenvalue weighted by molar-refractivity contribution is 5.27. The molecule has 0 spiro atoms. The number of benzene rings is 1. The summed E-state index contributed by atoms with van der Waals surface area (Å²) in [5, 5.41) is 20.7. The van der Waals surface area contributed by atoms with E-state index in [0.29, 0.717) is 26.1 Å². The molecule has 4 heteroatoms. The van der Waals surface area contributed by atoms with Crippen molar-refractivity contribution in [3.8, 4) is 0 Å². The van der Waals surface area contributed by atoms with E-state index in [0.717, 1.165) is 18.7 Å². The van der Waals surface area contributed by atoms with Crippen LogP contribution in [0.2, 0.25) is 0 Å². The van der Waals surface area contributed by atoms with Crippen molar-refractivity contribution in [1.29, 1.82) is 0 Å². The Balaban J connectivity index is 1.66. The van der Waals surface area contributed by atoms with E-state index >= 15 is 0 Å². The van der Waals surface area contributed by atoms with Gasteiger partial charge in [0.25, 0.3) is 0 Å². The lowest BCUT2D eigenvalue weighted by atomic mass is 9.83. The van der Waals surface area contributed by atoms with Crippen LogP contribution in [0.1, 0.15) is 24.0 Å². The zero-order valence-corrected chi connectivity index (χ0v) is 12.0. The molecule has 2 N–H and O–H groups in total. The summed E-state index contributed by atoms with van der Waals surface area (Å²) >= 11 is 0. The standard InChI is InChI=1S/C16H23NO3/c1-12-2-4-13(5-3-12)16(19)6-8-17(9-7-16)14-10-20-11-15(14)18/h2-5,14-15,18-19H,6-11H2,1H3/t14-,15+/m1/s1. The van der Waals surface area contributed by atoms with E-state index in [2.05, 4.69) is 11.8 Å². The number of aliphatic hydroxyl groups excluding tert-OH is 1. The summed E-state index contributed by atoms with van der Waals surface area (Å²) in [4.78, 5) is 2.25. The summed E-state index contributed by atoms with van der Waals surface area (Å²) in [5.41, 5.74) is 1.49. The molecular formula is C16H23NO3. The van der Waals surface area contributed by atoms with Crippen molar-refractivity contribution in [1.82, 2.24) is 4.90 Å². The van der Waals surface area contributed by atoms with Gasteiger partial charge in [-0.05, 0) is 25.3 Å². The maximum atomic E-state index is 10.8. The Hall–Kier alpha value is -0.940. The van der Waals surface area contributed by atoms with Gasteiger partial charge in [-0.25, -0.2) is 0 Å². The van der Waals surface area contributed by atoms with Crippen molar-refractivity contribution in [3.05, 3.63) is 35.4 Å². The van der Waals surface area contributed by atoms with Crippen LogP contribution in [0.5, 0.6) is 0 Å². The van der Waals surface area contributed by atoms with Crippen molar-refractivity contribution in [2.24, 2.45) is 0 Å². The summed E-state index contributed by atoms with van der Waals surface area (Å²) in [5.74, 6) is 0. The number of aryl methyl sites for hydroxylation is 1. The third-order valence-electron chi connectivity index (χ3n) is 4.70. The molecule has 1 aromatic rings. The SMILES string of the molecule is Cc1ccc(C2(O)CCN([C@@H]3COC[C@@H]3O)CC2)cc1. The van der Waals surface area contributed by atoms with E-state index in [9.17, 15) is 10.2 Å². The predicted molar refractivity (Wildman–Crippen MR) is 76.5 cm³/mol. The number of hydrogen-bond acceptors (Lipinski definition) is 4. The summed E-state index contributed by atoms with van der Waals surface area (Å²) in [6, 6.07) is 8.25. The Morgan fingerprint density at radius 1 is 1.15 bits per heavy atom. The van der Waals surface area contributed by atoms with Crippen LogP contribution in [0, 0.1) is 6.92 Å². The van der Waals surface area contributed by atoms with Crippen LogP contribution in [-0.2, 0) is 10.3 Å². The Labute approximate surface area is 120 Å². The second-order valence-electron chi connectivity index (χ2n) is 6.11. The molecule has 0 unspecified atom stereocenters. The summed E-state index contributed by atoms with van der Waals surface area (Å²) in [6.45, 7) is 4.69. The van der Waals surface area contributed by atoms with Gasteiger partial charge in [0.15, 0.2) is 0 Å². The van der Waals surface area contributed by atoms with Gasteiger partial charge in [-0.3, -0.25) is 4.90 Å². The monoisotopic (exact) mass is 277 g/mol. The van der Waals surface area contributed by atoms with Gasteiger partial charge in [0.1, 0.15) is 0 Å². The second-order valence-corrected chi connectivity index (χ2v) is 6.11. The minimum atomic E-state index is -0.728. The van der Waals surface area contributed by atoms with Crippen LogP contribution >= 0.6 is 0 Å². The van der Waals surface area contributed by atoms with Crippen molar-refractivity contribution in [3.63, 3.8) is 0 Å². The van der Waals surface area contributed by atoms with E-state index < -0.39 is 5.60 Å². The highest BCUT2D eigenvalue weighted by atomic mass is 16.5. The zero-order chi connectivity index (χ0) is 14.2. The van der Waals surface area contributed by atoms with Gasteiger partial charge in [-0.1, -0.05) is 29.8 Å². The average Bonchev–Trinajstić information content (AvgIpc) is 2.87. The molecule has 2 aliphatic heterocycles. The number of ether oxygens (including phenoxy) is 1. The van der Waals surface area contributed by atoms with Crippen molar-refractivity contribution < 1.29 is 14.9 Å². The van der Waals surface area contributed by atoms with E-state index in [4.69, 9.17) is 4.74 Å². The number of nitrogens with zero attached hydrogens (tertiary/aromatic N) is 1. The van der Waals surface area contributed by atoms with Crippen molar-refractivity contribution in [2.45, 2.75) is 37.5 Å². The molecule has 0 amide bonds. The fourth-order valence-electron chi connectivity index (χ4n) is 3.26. The second kappa shape index (κ2) is 5.45. The van der Waals surface area contributed by atoms with Gasteiger partial charge in [-0.15, -0.1) is 0 Å². The Morgan fingerprint density at radius 3 is 2.35 bits per heavy atom. The minimum absolute atomic E-state index is 0.0950. The van der Waals surface area contributed by atoms with Gasteiger partial charge in [-0.2, -0.15) is 0 Å². The zero-order valence-electron chi connectivity index (χ0n) is 12.0. The van der Waals surface area contributed by atoms with Crippen LogP contribution in [-0.4, -0.2) is 53.6 Å². The first kappa shape index (κ1) is 14.0. The molecule has 0 aromatic heterocycles. The van der Waals surface area contributed by atoms with Gasteiger partial charge >= 0.3 is 0 Å². The average molecular weight is 277 g/mol. The smallest absolute Gasteiger partial charge is 0.0950 e. The quantitative estimate of drug-likeness (QED) is 0.848. The number of rotatable bonds is 2. The Bertz CT molecular complexity index is 451. The summed E-state index contributed by atoms with van der Waals surface area (Å²) < 4.78 is 5.32. The van der Waals surface area contributed by atoms with Crippen LogP contribution in [0.3, 0.4) is 0 Å². The topological polar surface area (TPSA) is 52.9 Å². The molecule has 0 saturated carbocycles. The Kier molecular flexibility index (Phi) is 3.82. The fourth-order valence-corrected chi connectivity index (χ4v) is 3.26. The molecule has 110 valence electrons. The molecule has 0 radical (unpaired) electrons. The number of hydrogen-bond donors (Lipinski definition) is 2. The molecule has 2 heterocycles. The van der Waals surface area contributed by atoms with Gasteiger partial charge in [0.05, 0.1) is 31.0 Å². The van der Waals surface area contributed by atoms with Crippen LogP contribution in [0.4, 0.5) is 0 Å². The molecule has 1 aromatic carbocycles. The molecule has 2 saturated heterocycles. The predicted octanol–water partition coefficient (Wildman–Crippen LogP) is 1.04. The largest absolute Gasteiger partial charge is 0.389 e. The first-order chi connectivity index (χ1) is 9.58. The van der Waals surface area contributed by atoms with Gasteiger partial charge < -0.3 is 14.9 Å². The van der Waals surface area contributed by atoms with Gasteiger partial charge in [0, 0.05) is 13.1 Å². The minimum Gasteiger partial charge on any atom is -0.389 e. The third-order valence-corrected chi connectivity index (χ3v) is 4.70. The number of likely N-dealkylation sites (tertiary alicyclic amines) is 1. The molecular weight excluding hydrogens is 254 g/mol. The lowest BCUT2D eigenvalue weighted by Gasteiger charge is -2.41.